The first-order chi connectivity index (χ1) is 28.2. The molecular weight excluding hydrogens is 856 g/mol. The van der Waals surface area contributed by atoms with E-state index >= 15 is 0 Å². The van der Waals surface area contributed by atoms with Gasteiger partial charge < -0.3 is 9.92 Å². The predicted octanol–water partition coefficient (Wildman–Crippen LogP) is 8.60. The molecule has 0 aromatic carbocycles. The first kappa shape index (κ1) is 65.2. The monoisotopic (exact) mass is 946 g/mol. The summed E-state index contributed by atoms with van der Waals surface area (Å²) in [5.74, 6) is 2.72. The van der Waals surface area contributed by atoms with Crippen molar-refractivity contribution in [3.05, 3.63) is 11.6 Å². The normalized spacial score (nSPS) is 14.0. The van der Waals surface area contributed by atoms with Gasteiger partial charge in [0, 0.05) is 38.3 Å². The maximum absolute atomic E-state index is 10.9. The highest BCUT2D eigenvalue weighted by molar-refractivity contribution is 7.90. The smallest absolute Gasteiger partial charge is 0.286 e. The molecule has 3 rings (SSSR count). The van der Waals surface area contributed by atoms with Gasteiger partial charge in [-0.15, -0.1) is 20.4 Å². The number of azo groups is 1. The minimum absolute atomic E-state index is 0.0287. The van der Waals surface area contributed by atoms with Gasteiger partial charge in [-0.25, -0.2) is 18.1 Å². The standard InChI is InChI=1S/2C9H16N4O.C7H13N3.C6H15BO.C6H15O2P.C6H14O2S/c1-7(14)6-13-8(10-11-12-13)5-9(2,3)4;1-7(14)6-13-11-8(10-12-13)5-9(2,3)4;1-7(2,3)4-6-8-5-9-10-6;1-6(2,3)5-7(4)8;2*1-6(2,3)5-9(4,7)8/h2*5-6H2,1-4H3;4-5H2,1-3H3;8H,5H2,1-4H3;5H2,1-4H3,(H,7,8);5H2,1-4H3. The van der Waals surface area contributed by atoms with Crippen molar-refractivity contribution < 1.29 is 32.5 Å². The van der Waals surface area contributed by atoms with Gasteiger partial charge in [-0.05, 0) is 68.3 Å². The van der Waals surface area contributed by atoms with Gasteiger partial charge in [0.15, 0.2) is 37.3 Å². The lowest BCUT2D eigenvalue weighted by molar-refractivity contribution is -0.118. The minimum Gasteiger partial charge on any atom is -0.451 e. The van der Waals surface area contributed by atoms with E-state index in [0.29, 0.717) is 18.7 Å². The first-order valence-electron chi connectivity index (χ1n) is 21.7. The van der Waals surface area contributed by atoms with Gasteiger partial charge in [-0.2, -0.15) is 9.91 Å². The van der Waals surface area contributed by atoms with Gasteiger partial charge >= 0.3 is 0 Å². The number of Topliss-reactive ketones (excluding diaryl/α,β-unsaturated/α-hetero) is 2. The fourth-order valence-electron chi connectivity index (χ4n) is 5.62. The van der Waals surface area contributed by atoms with E-state index in [4.69, 9.17) is 9.92 Å². The quantitative estimate of drug-likeness (QED) is 0.167. The van der Waals surface area contributed by atoms with Gasteiger partial charge in [0.25, 0.3) is 6.92 Å². The van der Waals surface area contributed by atoms with E-state index in [1.165, 1.54) is 31.6 Å². The van der Waals surface area contributed by atoms with Crippen LogP contribution in [0.25, 0.3) is 0 Å². The van der Waals surface area contributed by atoms with Crippen molar-refractivity contribution in [2.24, 2.45) is 47.7 Å². The SMILES string of the molecule is CB(O)CC(C)(C)C.CC(=O)Cn1nnc(CC(C)(C)C)n1.CC(=O)Cn1nnnc1CC(C)(C)C.CC(C)(C)CC1=NCN=N1.CC(C)(C)CP(C)(=O)O.CC(C)(C)CS(C)(=O)=O. The molecule has 0 saturated heterocycles. The zero-order valence-corrected chi connectivity index (χ0v) is 45.9. The molecule has 0 radical (unpaired) electrons. The van der Waals surface area contributed by atoms with Gasteiger partial charge in [-0.1, -0.05) is 131 Å². The van der Waals surface area contributed by atoms with Gasteiger partial charge in [0.05, 0.1) is 5.75 Å². The van der Waals surface area contributed by atoms with Gasteiger partial charge in [0.2, 0.25) is 0 Å². The van der Waals surface area contributed by atoms with Crippen LogP contribution in [-0.4, -0.2) is 115 Å². The number of aromatic nitrogens is 8. The zero-order valence-electron chi connectivity index (χ0n) is 44.2. The number of tetrazole rings is 2. The van der Waals surface area contributed by atoms with E-state index < -0.39 is 17.2 Å². The summed E-state index contributed by atoms with van der Waals surface area (Å²) in [4.78, 5) is 36.0. The molecule has 0 spiro atoms. The van der Waals surface area contributed by atoms with Crippen LogP contribution in [0.3, 0.4) is 0 Å². The van der Waals surface area contributed by atoms with Crippen LogP contribution in [0.15, 0.2) is 15.2 Å². The van der Waals surface area contributed by atoms with Crippen LogP contribution >= 0.6 is 7.37 Å². The topological polar surface area (TPSA) is 250 Å². The highest BCUT2D eigenvalue weighted by atomic mass is 32.2. The van der Waals surface area contributed by atoms with Crippen LogP contribution in [0.1, 0.15) is 157 Å². The number of carbonyl (C=O) groups excluding carboxylic acids is 2. The Labute approximate surface area is 388 Å². The number of amidine groups is 1. The number of carbonyl (C=O) groups is 2. The number of ketones is 2. The molecule has 21 heteroatoms. The summed E-state index contributed by atoms with van der Waals surface area (Å²) in [5.41, 5.74) is 0.691. The van der Waals surface area contributed by atoms with E-state index in [1.807, 2.05) is 48.4 Å². The van der Waals surface area contributed by atoms with Crippen LogP contribution in [0.4, 0.5) is 0 Å². The molecule has 372 valence electrons. The van der Waals surface area contributed by atoms with Crippen LogP contribution in [-0.2, 0) is 49.9 Å². The molecule has 0 saturated carbocycles. The number of nitrogens with zero attached hydrogens (tertiary/aromatic N) is 11. The summed E-state index contributed by atoms with van der Waals surface area (Å²) >= 11 is 0. The predicted molar refractivity (Wildman–Crippen MR) is 262 cm³/mol. The number of sulfone groups is 1. The highest BCUT2D eigenvalue weighted by Crippen LogP contribution is 2.41. The summed E-state index contributed by atoms with van der Waals surface area (Å²) < 4.78 is 33.6. The summed E-state index contributed by atoms with van der Waals surface area (Å²) in [5, 5.41) is 39.6. The molecule has 2 aromatic rings. The van der Waals surface area contributed by atoms with Crippen LogP contribution in [0.5, 0.6) is 0 Å². The maximum Gasteiger partial charge on any atom is 0.286 e. The van der Waals surface area contributed by atoms with Gasteiger partial charge in [-0.3, -0.25) is 14.2 Å². The molecule has 2 N–H and O–H groups in total. The Morgan fingerprint density at radius 2 is 1.20 bits per heavy atom. The second kappa shape index (κ2) is 27.5. The third-order valence-electron chi connectivity index (χ3n) is 6.78. The average molecular weight is 946 g/mol. The van der Waals surface area contributed by atoms with E-state index in [9.17, 15) is 22.6 Å². The van der Waals surface area contributed by atoms with Gasteiger partial charge in [0.1, 0.15) is 28.8 Å². The van der Waals surface area contributed by atoms with Crippen molar-refractivity contribution in [2.75, 3.05) is 31.5 Å². The minimum atomic E-state index is -2.79. The van der Waals surface area contributed by atoms with Crippen LogP contribution in [0.2, 0.25) is 13.1 Å². The Morgan fingerprint density at radius 1 is 0.719 bits per heavy atom. The Kier molecular flexibility index (Phi) is 28.0. The molecule has 0 aliphatic carbocycles. The van der Waals surface area contributed by atoms with Crippen molar-refractivity contribution in [1.82, 2.24) is 40.4 Å². The average Bonchev–Trinajstić information content (AvgIpc) is 3.70. The number of rotatable bonds is 10. The molecule has 2 aromatic heterocycles. The van der Waals surface area contributed by atoms with E-state index in [1.54, 1.807) is 4.68 Å². The Balaban J connectivity index is -0.000000708. The molecule has 3 heterocycles. The van der Waals surface area contributed by atoms with Crippen molar-refractivity contribution in [3.8, 4) is 0 Å². The molecule has 18 nitrogen and oxygen atoms in total. The van der Waals surface area contributed by atoms with E-state index in [-0.39, 0.29) is 69.8 Å². The van der Waals surface area contributed by atoms with Crippen molar-refractivity contribution >= 4 is 41.5 Å². The number of hydrogen-bond acceptors (Lipinski definition) is 15. The lowest BCUT2D eigenvalue weighted by Crippen LogP contribution is -2.19. The summed E-state index contributed by atoms with van der Waals surface area (Å²) in [7, 11) is -5.57. The van der Waals surface area contributed by atoms with E-state index in [2.05, 4.69) is 129 Å². The first-order valence-corrected chi connectivity index (χ1v) is 26.1. The molecule has 0 fully saturated rings. The van der Waals surface area contributed by atoms with Crippen LogP contribution in [0, 0.1) is 32.5 Å². The lowest BCUT2D eigenvalue weighted by Gasteiger charge is -2.19. The summed E-state index contributed by atoms with van der Waals surface area (Å²) in [6.07, 6.45) is 5.01. The Hall–Kier alpha value is -3.09. The third-order valence-corrected chi connectivity index (χ3v) is 9.70. The molecule has 1 aliphatic rings. The summed E-state index contributed by atoms with van der Waals surface area (Å²) in [6.45, 7) is 44.3. The Bertz CT molecular complexity index is 1880. The van der Waals surface area contributed by atoms with Crippen LogP contribution < -0.4 is 0 Å². The molecule has 1 unspecified atom stereocenters. The van der Waals surface area contributed by atoms with Crippen molar-refractivity contribution in [1.29, 1.82) is 0 Å². The maximum atomic E-state index is 10.9. The second-order valence-corrected chi connectivity index (χ2v) is 28.6. The fourth-order valence-corrected chi connectivity index (χ4v) is 8.96. The van der Waals surface area contributed by atoms with E-state index in [0.717, 1.165) is 37.2 Å². The molecule has 1 aliphatic heterocycles. The fraction of sp³-hybridized carbons (Fsp3) is 0.884. The summed E-state index contributed by atoms with van der Waals surface area (Å²) in [6, 6.07) is 0. The highest BCUT2D eigenvalue weighted by Gasteiger charge is 2.22. The third kappa shape index (κ3) is 49.9. The van der Waals surface area contributed by atoms with Crippen molar-refractivity contribution in [2.45, 2.75) is 184 Å². The molecular formula is C43H89BN11O7PS. The molecule has 0 amide bonds. The zero-order chi connectivity index (χ0) is 51.3. The van der Waals surface area contributed by atoms with Crippen molar-refractivity contribution in [3.63, 3.8) is 0 Å². The largest absolute Gasteiger partial charge is 0.451 e. The molecule has 0 bridgehead atoms. The number of aliphatic imine (C=N–C) groups is 1. The lowest BCUT2D eigenvalue weighted by atomic mass is 9.60. The molecule has 1 atom stereocenters. The number of hydrogen-bond donors (Lipinski definition) is 2. The molecule has 64 heavy (non-hydrogen) atoms. The Morgan fingerprint density at radius 3 is 1.48 bits per heavy atom. The second-order valence-electron chi connectivity index (χ2n) is 24.1.